The van der Waals surface area contributed by atoms with Crippen molar-refractivity contribution in [2.75, 3.05) is 32.8 Å². The van der Waals surface area contributed by atoms with Gasteiger partial charge in [0.25, 0.3) is 0 Å². The van der Waals surface area contributed by atoms with Gasteiger partial charge in [0.1, 0.15) is 0 Å². The van der Waals surface area contributed by atoms with Crippen LogP contribution < -0.4 is 5.32 Å². The molecule has 1 aromatic rings. The van der Waals surface area contributed by atoms with Gasteiger partial charge in [0.15, 0.2) is 0 Å². The first kappa shape index (κ1) is 14.9. The van der Waals surface area contributed by atoms with Crippen LogP contribution >= 0.6 is 0 Å². The number of nitrogens with one attached hydrogen (secondary N) is 1. The zero-order valence-corrected chi connectivity index (χ0v) is 13.1. The number of rotatable bonds is 5. The number of nitrogens with zero attached hydrogens (tertiary/aromatic N) is 2. The smallest absolute Gasteiger partial charge is 0.0594 e. The molecule has 2 heterocycles. The summed E-state index contributed by atoms with van der Waals surface area (Å²) in [5, 5.41) is 3.76. The number of hydrogen-bond donors (Lipinski definition) is 1. The first-order valence-corrected chi connectivity index (χ1v) is 8.33. The number of aromatic nitrogens is 1. The molecule has 1 saturated heterocycles. The molecule has 0 aromatic carbocycles. The number of likely N-dealkylation sites (N-methyl/N-ethyl adjacent to an activating group) is 1. The summed E-state index contributed by atoms with van der Waals surface area (Å²) >= 11 is 0. The summed E-state index contributed by atoms with van der Waals surface area (Å²) in [6, 6.07) is 4.65. The molecule has 0 bridgehead atoms. The molecule has 116 valence electrons. The maximum absolute atomic E-state index is 5.58. The van der Waals surface area contributed by atoms with Crippen molar-refractivity contribution in [2.45, 2.75) is 44.2 Å². The van der Waals surface area contributed by atoms with Crippen LogP contribution in [0.15, 0.2) is 24.5 Å². The third-order valence-electron chi connectivity index (χ3n) is 5.07. The molecule has 1 saturated carbocycles. The number of pyridine rings is 1. The molecule has 0 spiro atoms. The van der Waals surface area contributed by atoms with Crippen LogP contribution in [-0.2, 0) is 4.74 Å². The molecule has 1 N–H and O–H groups in total. The van der Waals surface area contributed by atoms with E-state index in [1.807, 2.05) is 12.4 Å². The van der Waals surface area contributed by atoms with Crippen molar-refractivity contribution in [2.24, 2.45) is 0 Å². The topological polar surface area (TPSA) is 37.4 Å². The van der Waals surface area contributed by atoms with Crippen LogP contribution in [0.25, 0.3) is 0 Å². The van der Waals surface area contributed by atoms with Crippen molar-refractivity contribution in [3.8, 4) is 0 Å². The number of hydrogen-bond acceptors (Lipinski definition) is 4. The summed E-state index contributed by atoms with van der Waals surface area (Å²) in [6.07, 6.45) is 9.12. The normalized spacial score (nSPS) is 24.0. The van der Waals surface area contributed by atoms with E-state index in [0.717, 1.165) is 32.8 Å². The second kappa shape index (κ2) is 6.86. The lowest BCUT2D eigenvalue weighted by Crippen LogP contribution is -2.58. The second-order valence-corrected chi connectivity index (χ2v) is 6.19. The van der Waals surface area contributed by atoms with E-state index in [1.54, 1.807) is 0 Å². The van der Waals surface area contributed by atoms with Crippen LogP contribution in [0.3, 0.4) is 0 Å². The Bertz CT molecular complexity index is 425. The van der Waals surface area contributed by atoms with E-state index >= 15 is 0 Å². The van der Waals surface area contributed by atoms with Gasteiger partial charge in [-0.2, -0.15) is 0 Å². The van der Waals surface area contributed by atoms with E-state index in [4.69, 9.17) is 4.74 Å². The molecule has 1 aliphatic carbocycles. The molecular formula is C17H27N3O. The number of ether oxygens (including phenoxy) is 1. The maximum atomic E-state index is 5.58. The van der Waals surface area contributed by atoms with Gasteiger partial charge < -0.3 is 10.1 Å². The fraction of sp³-hybridized carbons (Fsp3) is 0.706. The zero-order chi connectivity index (χ0) is 14.5. The van der Waals surface area contributed by atoms with Gasteiger partial charge in [-0.25, -0.2) is 0 Å². The van der Waals surface area contributed by atoms with Crippen molar-refractivity contribution in [1.82, 2.24) is 15.2 Å². The first-order valence-electron chi connectivity index (χ1n) is 8.33. The molecule has 4 nitrogen and oxygen atoms in total. The summed E-state index contributed by atoms with van der Waals surface area (Å²) in [6.45, 7) is 7.04. The van der Waals surface area contributed by atoms with Gasteiger partial charge >= 0.3 is 0 Å². The molecule has 21 heavy (non-hydrogen) atoms. The van der Waals surface area contributed by atoms with Crippen LogP contribution in [0.1, 0.15) is 44.2 Å². The average Bonchev–Trinajstić information content (AvgIpc) is 3.05. The molecule has 4 heteroatoms. The van der Waals surface area contributed by atoms with Gasteiger partial charge in [0.05, 0.1) is 19.3 Å². The van der Waals surface area contributed by atoms with Crippen LogP contribution in [0, 0.1) is 0 Å². The minimum absolute atomic E-state index is 0.239. The summed E-state index contributed by atoms with van der Waals surface area (Å²) in [4.78, 5) is 7.04. The zero-order valence-electron chi connectivity index (χ0n) is 13.1. The Labute approximate surface area is 127 Å². The third-order valence-corrected chi connectivity index (χ3v) is 5.07. The van der Waals surface area contributed by atoms with Crippen molar-refractivity contribution in [3.05, 3.63) is 30.1 Å². The maximum Gasteiger partial charge on any atom is 0.0594 e. The molecule has 0 radical (unpaired) electrons. The van der Waals surface area contributed by atoms with E-state index in [-0.39, 0.29) is 5.54 Å². The molecule has 0 amide bonds. The number of morpholine rings is 1. The molecule has 1 unspecified atom stereocenters. The standard InChI is InChI=1S/C17H27N3O/c1-2-19-16(15-6-5-9-18-14-15)17(7-3-4-8-17)20-10-12-21-13-11-20/h5-6,9,14,16,19H,2-4,7-8,10-13H2,1H3. The lowest BCUT2D eigenvalue weighted by molar-refractivity contribution is -0.0362. The first-order chi connectivity index (χ1) is 10.4. The minimum Gasteiger partial charge on any atom is -0.379 e. The van der Waals surface area contributed by atoms with E-state index < -0.39 is 0 Å². The van der Waals surface area contributed by atoms with Crippen molar-refractivity contribution in [3.63, 3.8) is 0 Å². The van der Waals surface area contributed by atoms with E-state index in [9.17, 15) is 0 Å². The minimum atomic E-state index is 0.239. The summed E-state index contributed by atoms with van der Waals surface area (Å²) in [5.74, 6) is 0. The van der Waals surface area contributed by atoms with Crippen molar-refractivity contribution < 1.29 is 4.74 Å². The van der Waals surface area contributed by atoms with Crippen LogP contribution in [0.5, 0.6) is 0 Å². The van der Waals surface area contributed by atoms with E-state index in [0.29, 0.717) is 6.04 Å². The second-order valence-electron chi connectivity index (χ2n) is 6.19. The lowest BCUT2D eigenvalue weighted by atomic mass is 9.82. The fourth-order valence-electron chi connectivity index (χ4n) is 4.15. The van der Waals surface area contributed by atoms with Crippen LogP contribution in [-0.4, -0.2) is 48.3 Å². The highest BCUT2D eigenvalue weighted by Gasteiger charge is 2.46. The molecule has 1 aliphatic heterocycles. The molecule has 1 aromatic heterocycles. The largest absolute Gasteiger partial charge is 0.379 e. The molecule has 1 atom stereocenters. The van der Waals surface area contributed by atoms with Gasteiger partial charge in [-0.05, 0) is 31.0 Å². The van der Waals surface area contributed by atoms with Crippen LogP contribution in [0.4, 0.5) is 0 Å². The average molecular weight is 289 g/mol. The van der Waals surface area contributed by atoms with Gasteiger partial charge in [0, 0.05) is 31.0 Å². The Kier molecular flexibility index (Phi) is 4.88. The summed E-state index contributed by atoms with van der Waals surface area (Å²) < 4.78 is 5.58. The third kappa shape index (κ3) is 2.98. The SMILES string of the molecule is CCNC(c1cccnc1)C1(N2CCOCC2)CCCC1. The van der Waals surface area contributed by atoms with Gasteiger partial charge in [0.2, 0.25) is 0 Å². The Morgan fingerprint density at radius 2 is 2.10 bits per heavy atom. The predicted octanol–water partition coefficient (Wildman–Crippen LogP) is 2.38. The highest BCUT2D eigenvalue weighted by Crippen LogP contribution is 2.44. The molecule has 2 aliphatic rings. The Morgan fingerprint density at radius 1 is 1.33 bits per heavy atom. The Balaban J connectivity index is 1.92. The van der Waals surface area contributed by atoms with Gasteiger partial charge in [-0.1, -0.05) is 25.8 Å². The summed E-state index contributed by atoms with van der Waals surface area (Å²) in [5.41, 5.74) is 1.57. The van der Waals surface area contributed by atoms with E-state index in [2.05, 4.69) is 34.3 Å². The predicted molar refractivity (Wildman–Crippen MR) is 84.2 cm³/mol. The lowest BCUT2D eigenvalue weighted by Gasteiger charge is -2.48. The van der Waals surface area contributed by atoms with Gasteiger partial charge in [-0.3, -0.25) is 9.88 Å². The Hall–Kier alpha value is -0.970. The highest BCUT2D eigenvalue weighted by atomic mass is 16.5. The highest BCUT2D eigenvalue weighted by molar-refractivity contribution is 5.21. The van der Waals surface area contributed by atoms with E-state index in [1.165, 1.54) is 31.2 Å². The van der Waals surface area contributed by atoms with Gasteiger partial charge in [-0.15, -0.1) is 0 Å². The Morgan fingerprint density at radius 3 is 2.71 bits per heavy atom. The quantitative estimate of drug-likeness (QED) is 0.903. The molecule has 2 fully saturated rings. The fourth-order valence-corrected chi connectivity index (χ4v) is 4.15. The van der Waals surface area contributed by atoms with Crippen LogP contribution in [0.2, 0.25) is 0 Å². The molecule has 3 rings (SSSR count). The molecular weight excluding hydrogens is 262 g/mol. The van der Waals surface area contributed by atoms with Crippen molar-refractivity contribution >= 4 is 0 Å². The monoisotopic (exact) mass is 289 g/mol. The van der Waals surface area contributed by atoms with Crippen molar-refractivity contribution in [1.29, 1.82) is 0 Å². The summed E-state index contributed by atoms with van der Waals surface area (Å²) in [7, 11) is 0.